The molecule has 0 N–H and O–H groups in total. The third kappa shape index (κ3) is 2.70. The minimum Gasteiger partial charge on any atom is -0.496 e. The Morgan fingerprint density at radius 1 is 1.27 bits per heavy atom. The Hall–Kier alpha value is -1.06. The molecule has 15 heavy (non-hydrogen) atoms. The average molecular weight is 208 g/mol. The summed E-state index contributed by atoms with van der Waals surface area (Å²) in [6.45, 7) is 1.44. The molecule has 1 saturated heterocycles. The molecular formula is C12H16O3. The molecule has 0 aliphatic carbocycles. The van der Waals surface area contributed by atoms with E-state index in [1.807, 2.05) is 18.2 Å². The van der Waals surface area contributed by atoms with Gasteiger partial charge in [-0.25, -0.2) is 0 Å². The number of para-hydroxylation sites is 1. The minimum atomic E-state index is -0.0325. The van der Waals surface area contributed by atoms with Gasteiger partial charge in [0, 0.05) is 6.42 Å². The molecular weight excluding hydrogens is 192 g/mol. The van der Waals surface area contributed by atoms with Gasteiger partial charge in [0.15, 0.2) is 6.29 Å². The fourth-order valence-electron chi connectivity index (χ4n) is 1.76. The average Bonchev–Trinajstić information content (AvgIpc) is 2.79. The van der Waals surface area contributed by atoms with Crippen LogP contribution in [-0.4, -0.2) is 26.6 Å². The van der Waals surface area contributed by atoms with Crippen LogP contribution in [0.1, 0.15) is 12.0 Å². The summed E-state index contributed by atoms with van der Waals surface area (Å²) in [7, 11) is 1.70. The fraction of sp³-hybridized carbons (Fsp3) is 0.500. The third-order valence-corrected chi connectivity index (χ3v) is 2.53. The van der Waals surface area contributed by atoms with E-state index in [1.165, 1.54) is 5.56 Å². The maximum atomic E-state index is 5.39. The van der Waals surface area contributed by atoms with Gasteiger partial charge in [0.2, 0.25) is 0 Å². The molecule has 1 fully saturated rings. The van der Waals surface area contributed by atoms with Gasteiger partial charge in [0.25, 0.3) is 0 Å². The van der Waals surface area contributed by atoms with Gasteiger partial charge >= 0.3 is 0 Å². The molecule has 0 amide bonds. The van der Waals surface area contributed by atoms with Crippen LogP contribution in [0.4, 0.5) is 0 Å². The van der Waals surface area contributed by atoms with Crippen molar-refractivity contribution in [3.8, 4) is 5.75 Å². The van der Waals surface area contributed by atoms with E-state index in [0.29, 0.717) is 0 Å². The predicted octanol–water partition coefficient (Wildman–Crippen LogP) is 2.00. The molecule has 1 aliphatic heterocycles. The van der Waals surface area contributed by atoms with Crippen molar-refractivity contribution in [2.45, 2.75) is 19.1 Å². The van der Waals surface area contributed by atoms with E-state index < -0.39 is 0 Å². The molecule has 1 aromatic carbocycles. The molecule has 0 spiro atoms. The summed E-state index contributed by atoms with van der Waals surface area (Å²) in [5, 5.41) is 0. The maximum Gasteiger partial charge on any atom is 0.158 e. The second-order valence-electron chi connectivity index (χ2n) is 3.52. The summed E-state index contributed by atoms with van der Waals surface area (Å²) >= 11 is 0. The van der Waals surface area contributed by atoms with E-state index in [1.54, 1.807) is 7.11 Å². The molecule has 1 aromatic rings. The molecule has 1 heterocycles. The van der Waals surface area contributed by atoms with Crippen LogP contribution >= 0.6 is 0 Å². The number of rotatable bonds is 4. The summed E-state index contributed by atoms with van der Waals surface area (Å²) in [4.78, 5) is 0. The van der Waals surface area contributed by atoms with Crippen molar-refractivity contribution in [3.63, 3.8) is 0 Å². The van der Waals surface area contributed by atoms with Crippen LogP contribution in [0.25, 0.3) is 0 Å². The van der Waals surface area contributed by atoms with Crippen LogP contribution in [-0.2, 0) is 15.9 Å². The van der Waals surface area contributed by atoms with Crippen molar-refractivity contribution < 1.29 is 14.2 Å². The van der Waals surface area contributed by atoms with Gasteiger partial charge in [-0.05, 0) is 18.1 Å². The van der Waals surface area contributed by atoms with Gasteiger partial charge in [-0.15, -0.1) is 0 Å². The van der Waals surface area contributed by atoms with E-state index in [0.717, 1.165) is 31.8 Å². The lowest BCUT2D eigenvalue weighted by Gasteiger charge is -2.11. The van der Waals surface area contributed by atoms with Crippen molar-refractivity contribution in [2.24, 2.45) is 0 Å². The molecule has 0 bridgehead atoms. The summed E-state index contributed by atoms with van der Waals surface area (Å²) in [6, 6.07) is 8.05. The second kappa shape index (κ2) is 5.14. The lowest BCUT2D eigenvalue weighted by molar-refractivity contribution is -0.0462. The molecule has 2 rings (SSSR count). The molecule has 0 atom stereocenters. The number of aryl methyl sites for hydroxylation is 1. The van der Waals surface area contributed by atoms with Crippen LogP contribution in [0.15, 0.2) is 24.3 Å². The molecule has 3 nitrogen and oxygen atoms in total. The number of hydrogen-bond acceptors (Lipinski definition) is 3. The smallest absolute Gasteiger partial charge is 0.158 e. The lowest BCUT2D eigenvalue weighted by Crippen LogP contribution is -2.09. The molecule has 0 unspecified atom stereocenters. The van der Waals surface area contributed by atoms with Gasteiger partial charge in [-0.1, -0.05) is 18.2 Å². The first-order valence-electron chi connectivity index (χ1n) is 5.25. The molecule has 0 radical (unpaired) electrons. The summed E-state index contributed by atoms with van der Waals surface area (Å²) in [5.74, 6) is 0.940. The van der Waals surface area contributed by atoms with Gasteiger partial charge in [-0.2, -0.15) is 0 Å². The zero-order valence-corrected chi connectivity index (χ0v) is 8.94. The monoisotopic (exact) mass is 208 g/mol. The standard InChI is InChI=1S/C12H16O3/c1-13-11-5-3-2-4-10(11)6-7-12-14-8-9-15-12/h2-5,12H,6-9H2,1H3. The van der Waals surface area contributed by atoms with Crippen LogP contribution in [0.3, 0.4) is 0 Å². The minimum absolute atomic E-state index is 0.0325. The second-order valence-corrected chi connectivity index (χ2v) is 3.52. The van der Waals surface area contributed by atoms with E-state index in [2.05, 4.69) is 6.07 Å². The summed E-state index contributed by atoms with van der Waals surface area (Å²) in [5.41, 5.74) is 1.21. The van der Waals surface area contributed by atoms with E-state index in [9.17, 15) is 0 Å². The molecule has 0 saturated carbocycles. The number of methoxy groups -OCH3 is 1. The lowest BCUT2D eigenvalue weighted by atomic mass is 10.1. The maximum absolute atomic E-state index is 5.39. The highest BCUT2D eigenvalue weighted by Crippen LogP contribution is 2.20. The molecule has 82 valence electrons. The van der Waals surface area contributed by atoms with Crippen LogP contribution in [0.5, 0.6) is 5.75 Å². The highest BCUT2D eigenvalue weighted by molar-refractivity contribution is 5.33. The van der Waals surface area contributed by atoms with Gasteiger partial charge in [-0.3, -0.25) is 0 Å². The van der Waals surface area contributed by atoms with E-state index in [4.69, 9.17) is 14.2 Å². The fourth-order valence-corrected chi connectivity index (χ4v) is 1.76. The van der Waals surface area contributed by atoms with E-state index in [-0.39, 0.29) is 6.29 Å². The highest BCUT2D eigenvalue weighted by Gasteiger charge is 2.16. The van der Waals surface area contributed by atoms with Crippen LogP contribution in [0.2, 0.25) is 0 Å². The summed E-state index contributed by atoms with van der Waals surface area (Å²) in [6.07, 6.45) is 1.78. The Morgan fingerprint density at radius 2 is 2.00 bits per heavy atom. The zero-order chi connectivity index (χ0) is 10.5. The SMILES string of the molecule is COc1ccccc1CCC1OCCO1. The van der Waals surface area contributed by atoms with Crippen molar-refractivity contribution >= 4 is 0 Å². The van der Waals surface area contributed by atoms with Crippen LogP contribution < -0.4 is 4.74 Å². The normalized spacial score (nSPS) is 16.9. The molecule has 0 aromatic heterocycles. The van der Waals surface area contributed by atoms with Crippen molar-refractivity contribution in [2.75, 3.05) is 20.3 Å². The predicted molar refractivity (Wildman–Crippen MR) is 57.0 cm³/mol. The molecule has 3 heteroatoms. The highest BCUT2D eigenvalue weighted by atomic mass is 16.7. The van der Waals surface area contributed by atoms with Crippen molar-refractivity contribution in [1.29, 1.82) is 0 Å². The van der Waals surface area contributed by atoms with Crippen molar-refractivity contribution in [3.05, 3.63) is 29.8 Å². The number of hydrogen-bond donors (Lipinski definition) is 0. The summed E-state index contributed by atoms with van der Waals surface area (Å²) < 4.78 is 16.0. The first-order valence-corrected chi connectivity index (χ1v) is 5.25. The third-order valence-electron chi connectivity index (χ3n) is 2.53. The zero-order valence-electron chi connectivity index (χ0n) is 8.94. The Labute approximate surface area is 90.0 Å². The van der Waals surface area contributed by atoms with Crippen molar-refractivity contribution in [1.82, 2.24) is 0 Å². The van der Waals surface area contributed by atoms with E-state index >= 15 is 0 Å². The Balaban J connectivity index is 1.91. The first-order chi connectivity index (χ1) is 7.40. The largest absolute Gasteiger partial charge is 0.496 e. The Kier molecular flexibility index (Phi) is 3.59. The Morgan fingerprint density at radius 3 is 2.73 bits per heavy atom. The quantitative estimate of drug-likeness (QED) is 0.757. The van der Waals surface area contributed by atoms with Crippen LogP contribution in [0, 0.1) is 0 Å². The molecule has 1 aliphatic rings. The van der Waals surface area contributed by atoms with Gasteiger partial charge in [0.05, 0.1) is 20.3 Å². The van der Waals surface area contributed by atoms with Gasteiger partial charge in [0.1, 0.15) is 5.75 Å². The number of ether oxygens (including phenoxy) is 3. The Bertz CT molecular complexity index is 305. The first kappa shape index (κ1) is 10.5. The van der Waals surface area contributed by atoms with Gasteiger partial charge < -0.3 is 14.2 Å². The topological polar surface area (TPSA) is 27.7 Å². The number of benzene rings is 1.